The smallest absolute Gasteiger partial charge is 0.0369 e. The van der Waals surface area contributed by atoms with Crippen LogP contribution in [0.15, 0.2) is 42.5 Å². The Morgan fingerprint density at radius 1 is 0.947 bits per heavy atom. The fourth-order valence-electron chi connectivity index (χ4n) is 2.28. The highest BCUT2D eigenvalue weighted by atomic mass is 15.1. The van der Waals surface area contributed by atoms with Crippen LogP contribution in [0, 0.1) is 13.8 Å². The number of benzene rings is 2. The lowest BCUT2D eigenvalue weighted by Crippen LogP contribution is -2.20. The van der Waals surface area contributed by atoms with Crippen LogP contribution in [0.4, 0.5) is 11.4 Å². The third-order valence-electron chi connectivity index (χ3n) is 3.36. The zero-order chi connectivity index (χ0) is 13.8. The molecular formula is C17H22N2. The largest absolute Gasteiger partial charge is 0.399 e. The highest BCUT2D eigenvalue weighted by Crippen LogP contribution is 2.18. The lowest BCUT2D eigenvalue weighted by atomic mass is 10.1. The molecule has 2 N–H and O–H groups in total. The summed E-state index contributed by atoms with van der Waals surface area (Å²) in [5.74, 6) is 0. The number of nitrogen functional groups attached to an aromatic ring is 1. The summed E-state index contributed by atoms with van der Waals surface area (Å²) in [4.78, 5) is 2.30. The summed E-state index contributed by atoms with van der Waals surface area (Å²) in [5.41, 5.74) is 11.8. The first-order valence-corrected chi connectivity index (χ1v) is 6.68. The van der Waals surface area contributed by atoms with Crippen LogP contribution >= 0.6 is 0 Å². The number of anilines is 2. The molecule has 0 aliphatic carbocycles. The van der Waals surface area contributed by atoms with E-state index in [2.05, 4.69) is 56.1 Å². The fourth-order valence-corrected chi connectivity index (χ4v) is 2.28. The van der Waals surface area contributed by atoms with E-state index in [9.17, 15) is 0 Å². The lowest BCUT2D eigenvalue weighted by molar-refractivity contribution is 0.875. The summed E-state index contributed by atoms with van der Waals surface area (Å²) in [6, 6.07) is 14.8. The Balaban J connectivity index is 2.00. The Morgan fingerprint density at radius 2 is 1.53 bits per heavy atom. The highest BCUT2D eigenvalue weighted by molar-refractivity contribution is 5.50. The van der Waals surface area contributed by atoms with Gasteiger partial charge in [-0.1, -0.05) is 18.2 Å². The fraction of sp³-hybridized carbons (Fsp3) is 0.294. The molecule has 0 saturated heterocycles. The SMILES string of the molecule is Cc1cc(C)cc(N(C)CCc2ccc(N)cc2)c1. The number of nitrogens with zero attached hydrogens (tertiary/aromatic N) is 1. The van der Waals surface area contributed by atoms with Crippen molar-refractivity contribution in [3.05, 3.63) is 59.2 Å². The second-order valence-electron chi connectivity index (χ2n) is 5.26. The molecule has 0 radical (unpaired) electrons. The predicted octanol–water partition coefficient (Wildman–Crippen LogP) is 3.56. The van der Waals surface area contributed by atoms with Crippen LogP contribution in [0.5, 0.6) is 0 Å². The molecule has 0 spiro atoms. The minimum absolute atomic E-state index is 0.825. The van der Waals surface area contributed by atoms with Gasteiger partial charge in [-0.05, 0) is 61.2 Å². The number of aryl methyl sites for hydroxylation is 2. The maximum atomic E-state index is 5.70. The number of hydrogen-bond acceptors (Lipinski definition) is 2. The minimum atomic E-state index is 0.825. The van der Waals surface area contributed by atoms with Crippen molar-refractivity contribution in [1.29, 1.82) is 0 Å². The molecule has 100 valence electrons. The normalized spacial score (nSPS) is 10.5. The third-order valence-corrected chi connectivity index (χ3v) is 3.36. The standard InChI is InChI=1S/C17H22N2/c1-13-10-14(2)12-17(11-13)19(3)9-8-15-4-6-16(18)7-5-15/h4-7,10-12H,8-9,18H2,1-3H3. The first-order chi connectivity index (χ1) is 9.04. The maximum Gasteiger partial charge on any atom is 0.0369 e. The summed E-state index contributed by atoms with van der Waals surface area (Å²) in [6.07, 6.45) is 1.03. The van der Waals surface area contributed by atoms with Gasteiger partial charge < -0.3 is 10.6 Å². The predicted molar refractivity (Wildman–Crippen MR) is 83.7 cm³/mol. The molecule has 0 atom stereocenters. The molecule has 0 bridgehead atoms. The Morgan fingerprint density at radius 3 is 2.11 bits per heavy atom. The molecule has 19 heavy (non-hydrogen) atoms. The van der Waals surface area contributed by atoms with Crippen LogP contribution < -0.4 is 10.6 Å². The van der Waals surface area contributed by atoms with Gasteiger partial charge >= 0.3 is 0 Å². The average molecular weight is 254 g/mol. The van der Waals surface area contributed by atoms with Crippen LogP contribution in [0.3, 0.4) is 0 Å². The van der Waals surface area contributed by atoms with E-state index in [0.717, 1.165) is 18.7 Å². The number of hydrogen-bond donors (Lipinski definition) is 1. The van der Waals surface area contributed by atoms with E-state index in [1.807, 2.05) is 12.1 Å². The average Bonchev–Trinajstić information content (AvgIpc) is 2.36. The quantitative estimate of drug-likeness (QED) is 0.845. The Hall–Kier alpha value is -1.96. The van der Waals surface area contributed by atoms with E-state index in [0.29, 0.717) is 0 Å². The van der Waals surface area contributed by atoms with Gasteiger partial charge in [0.2, 0.25) is 0 Å². The van der Waals surface area contributed by atoms with E-state index in [1.165, 1.54) is 22.4 Å². The van der Waals surface area contributed by atoms with Crippen molar-refractivity contribution in [2.75, 3.05) is 24.2 Å². The second kappa shape index (κ2) is 5.79. The molecule has 0 saturated carbocycles. The van der Waals surface area contributed by atoms with Crippen molar-refractivity contribution in [2.45, 2.75) is 20.3 Å². The topological polar surface area (TPSA) is 29.3 Å². The summed E-state index contributed by atoms with van der Waals surface area (Å²) in [7, 11) is 2.14. The van der Waals surface area contributed by atoms with Crippen molar-refractivity contribution in [3.63, 3.8) is 0 Å². The summed E-state index contributed by atoms with van der Waals surface area (Å²) in [6.45, 7) is 5.29. The third kappa shape index (κ3) is 3.75. The van der Waals surface area contributed by atoms with Gasteiger partial charge in [0.15, 0.2) is 0 Å². The second-order valence-corrected chi connectivity index (χ2v) is 5.26. The van der Waals surface area contributed by atoms with Crippen LogP contribution in [0.1, 0.15) is 16.7 Å². The zero-order valence-electron chi connectivity index (χ0n) is 12.0. The minimum Gasteiger partial charge on any atom is -0.399 e. The molecule has 0 aliphatic rings. The van der Waals surface area contributed by atoms with Crippen LogP contribution in [-0.2, 0) is 6.42 Å². The van der Waals surface area contributed by atoms with E-state index in [4.69, 9.17) is 5.73 Å². The molecule has 0 fully saturated rings. The summed E-state index contributed by atoms with van der Waals surface area (Å²) in [5, 5.41) is 0. The molecule has 0 aromatic heterocycles. The summed E-state index contributed by atoms with van der Waals surface area (Å²) < 4.78 is 0. The number of nitrogens with two attached hydrogens (primary N) is 1. The van der Waals surface area contributed by atoms with E-state index < -0.39 is 0 Å². The molecule has 2 nitrogen and oxygen atoms in total. The van der Waals surface area contributed by atoms with Gasteiger partial charge in [-0.25, -0.2) is 0 Å². The van der Waals surface area contributed by atoms with Gasteiger partial charge in [-0.2, -0.15) is 0 Å². The first-order valence-electron chi connectivity index (χ1n) is 6.68. The molecule has 2 aromatic carbocycles. The van der Waals surface area contributed by atoms with Crippen molar-refractivity contribution >= 4 is 11.4 Å². The Kier molecular flexibility index (Phi) is 4.10. The number of rotatable bonds is 4. The van der Waals surface area contributed by atoms with Gasteiger partial charge in [0, 0.05) is 25.0 Å². The molecule has 0 heterocycles. The zero-order valence-corrected chi connectivity index (χ0v) is 12.0. The molecule has 0 unspecified atom stereocenters. The van der Waals surface area contributed by atoms with Gasteiger partial charge in [0.25, 0.3) is 0 Å². The Labute approximate surface area is 115 Å². The van der Waals surface area contributed by atoms with Crippen molar-refractivity contribution < 1.29 is 0 Å². The van der Waals surface area contributed by atoms with Crippen LogP contribution in [-0.4, -0.2) is 13.6 Å². The molecule has 2 heteroatoms. The Bertz CT molecular complexity index is 523. The molecule has 0 aliphatic heterocycles. The number of likely N-dealkylation sites (N-methyl/N-ethyl adjacent to an activating group) is 1. The maximum absolute atomic E-state index is 5.70. The highest BCUT2D eigenvalue weighted by Gasteiger charge is 2.03. The van der Waals surface area contributed by atoms with Crippen LogP contribution in [0.2, 0.25) is 0 Å². The summed E-state index contributed by atoms with van der Waals surface area (Å²) >= 11 is 0. The van der Waals surface area contributed by atoms with Gasteiger partial charge in [0.1, 0.15) is 0 Å². The lowest BCUT2D eigenvalue weighted by Gasteiger charge is -2.20. The molecule has 2 aromatic rings. The van der Waals surface area contributed by atoms with E-state index in [1.54, 1.807) is 0 Å². The van der Waals surface area contributed by atoms with Crippen molar-refractivity contribution in [2.24, 2.45) is 0 Å². The molecule has 2 rings (SSSR count). The van der Waals surface area contributed by atoms with Crippen molar-refractivity contribution in [1.82, 2.24) is 0 Å². The van der Waals surface area contributed by atoms with Crippen LogP contribution in [0.25, 0.3) is 0 Å². The van der Waals surface area contributed by atoms with Gasteiger partial charge in [-0.15, -0.1) is 0 Å². The van der Waals surface area contributed by atoms with E-state index >= 15 is 0 Å². The van der Waals surface area contributed by atoms with Gasteiger partial charge in [-0.3, -0.25) is 0 Å². The monoisotopic (exact) mass is 254 g/mol. The van der Waals surface area contributed by atoms with E-state index in [-0.39, 0.29) is 0 Å². The molecule has 0 amide bonds. The van der Waals surface area contributed by atoms with Crippen molar-refractivity contribution in [3.8, 4) is 0 Å². The first kappa shape index (κ1) is 13.5. The molecular weight excluding hydrogens is 232 g/mol. The van der Waals surface area contributed by atoms with Gasteiger partial charge in [0.05, 0.1) is 0 Å².